The van der Waals surface area contributed by atoms with Crippen molar-refractivity contribution in [3.8, 4) is 11.5 Å². The van der Waals surface area contributed by atoms with Crippen molar-refractivity contribution in [3.05, 3.63) is 22.7 Å². The molecule has 0 aliphatic carbocycles. The highest BCUT2D eigenvalue weighted by Crippen LogP contribution is 2.37. The second kappa shape index (κ2) is 6.33. The van der Waals surface area contributed by atoms with Gasteiger partial charge in [0.15, 0.2) is 16.6 Å². The second-order valence-corrected chi connectivity index (χ2v) is 7.02. The monoisotopic (exact) mass is 362 g/mol. The van der Waals surface area contributed by atoms with E-state index in [2.05, 4.69) is 19.9 Å². The number of amides is 1. The Morgan fingerprint density at radius 2 is 2.08 bits per heavy atom. The SMILES string of the molecule is CCCc1nnsc1C(=O)Nc1nc2cc3c(cc2s1)OCCO3. The predicted molar refractivity (Wildman–Crippen MR) is 92.5 cm³/mol. The fourth-order valence-electron chi connectivity index (χ4n) is 2.45. The van der Waals surface area contributed by atoms with E-state index < -0.39 is 0 Å². The van der Waals surface area contributed by atoms with Crippen molar-refractivity contribution < 1.29 is 14.3 Å². The molecule has 7 nitrogen and oxygen atoms in total. The first-order valence-corrected chi connectivity index (χ1v) is 9.16. The van der Waals surface area contributed by atoms with Crippen molar-refractivity contribution in [2.75, 3.05) is 18.5 Å². The highest BCUT2D eigenvalue weighted by molar-refractivity contribution is 7.22. The maximum absolute atomic E-state index is 12.4. The molecular formula is C15H14N4O3S2. The van der Waals surface area contributed by atoms with Crippen molar-refractivity contribution in [2.45, 2.75) is 19.8 Å². The number of carbonyl (C=O) groups is 1. The second-order valence-electron chi connectivity index (χ2n) is 5.24. The van der Waals surface area contributed by atoms with Gasteiger partial charge in [0.1, 0.15) is 18.1 Å². The summed E-state index contributed by atoms with van der Waals surface area (Å²) in [5.74, 6) is 1.19. The summed E-state index contributed by atoms with van der Waals surface area (Å²) < 4.78 is 16.0. The van der Waals surface area contributed by atoms with E-state index in [0.717, 1.165) is 40.3 Å². The number of rotatable bonds is 4. The normalized spacial score (nSPS) is 13.2. The minimum Gasteiger partial charge on any atom is -0.486 e. The van der Waals surface area contributed by atoms with Gasteiger partial charge in [0.05, 0.1) is 15.9 Å². The van der Waals surface area contributed by atoms with E-state index in [4.69, 9.17) is 9.47 Å². The van der Waals surface area contributed by atoms with Crippen molar-refractivity contribution >= 4 is 44.1 Å². The van der Waals surface area contributed by atoms with Crippen LogP contribution in [-0.2, 0) is 6.42 Å². The van der Waals surface area contributed by atoms with Crippen molar-refractivity contribution in [1.82, 2.24) is 14.6 Å². The van der Waals surface area contributed by atoms with Crippen LogP contribution in [0.2, 0.25) is 0 Å². The Hall–Kier alpha value is -2.26. The molecule has 1 aliphatic heterocycles. The van der Waals surface area contributed by atoms with Crippen LogP contribution < -0.4 is 14.8 Å². The average Bonchev–Trinajstić information content (AvgIpc) is 3.18. The van der Waals surface area contributed by atoms with Gasteiger partial charge in [-0.25, -0.2) is 4.98 Å². The molecule has 0 atom stereocenters. The maximum Gasteiger partial charge on any atom is 0.271 e. The molecule has 9 heteroatoms. The molecule has 3 aromatic rings. The van der Waals surface area contributed by atoms with Gasteiger partial charge in [-0.1, -0.05) is 29.2 Å². The van der Waals surface area contributed by atoms with Gasteiger partial charge in [-0.15, -0.1) is 5.10 Å². The lowest BCUT2D eigenvalue weighted by molar-refractivity contribution is 0.102. The lowest BCUT2D eigenvalue weighted by Gasteiger charge is -2.17. The van der Waals surface area contributed by atoms with Crippen LogP contribution >= 0.6 is 22.9 Å². The van der Waals surface area contributed by atoms with Gasteiger partial charge >= 0.3 is 0 Å². The topological polar surface area (TPSA) is 86.2 Å². The third-order valence-electron chi connectivity index (χ3n) is 3.52. The smallest absolute Gasteiger partial charge is 0.271 e. The van der Waals surface area contributed by atoms with E-state index >= 15 is 0 Å². The molecule has 1 aromatic carbocycles. The Kier molecular flexibility index (Phi) is 4.03. The molecule has 24 heavy (non-hydrogen) atoms. The number of thiazole rings is 1. The first kappa shape index (κ1) is 15.3. The molecule has 0 fully saturated rings. The molecule has 124 valence electrons. The third-order valence-corrected chi connectivity index (χ3v) is 5.22. The molecule has 1 aliphatic rings. The van der Waals surface area contributed by atoms with Crippen LogP contribution in [0.1, 0.15) is 28.7 Å². The number of nitrogens with zero attached hydrogens (tertiary/aromatic N) is 3. The highest BCUT2D eigenvalue weighted by atomic mass is 32.1. The number of aromatic nitrogens is 3. The van der Waals surface area contributed by atoms with Crippen LogP contribution in [0.4, 0.5) is 5.13 Å². The van der Waals surface area contributed by atoms with E-state index in [1.807, 2.05) is 19.1 Å². The molecule has 0 saturated heterocycles. The lowest BCUT2D eigenvalue weighted by Crippen LogP contribution is -2.15. The van der Waals surface area contributed by atoms with Crippen LogP contribution in [0.5, 0.6) is 11.5 Å². The number of nitrogens with one attached hydrogen (secondary N) is 1. The van der Waals surface area contributed by atoms with Crippen LogP contribution in [0.3, 0.4) is 0 Å². The number of aryl methyl sites for hydroxylation is 1. The Labute approximate surface area is 145 Å². The van der Waals surface area contributed by atoms with E-state index in [1.165, 1.54) is 11.3 Å². The highest BCUT2D eigenvalue weighted by Gasteiger charge is 2.19. The minimum absolute atomic E-state index is 0.218. The van der Waals surface area contributed by atoms with Crippen LogP contribution in [-0.4, -0.2) is 33.7 Å². The number of carbonyl (C=O) groups excluding carboxylic acids is 1. The molecule has 0 radical (unpaired) electrons. The van der Waals surface area contributed by atoms with Crippen molar-refractivity contribution in [3.63, 3.8) is 0 Å². The zero-order chi connectivity index (χ0) is 16.5. The summed E-state index contributed by atoms with van der Waals surface area (Å²) in [5, 5.41) is 7.40. The van der Waals surface area contributed by atoms with Gasteiger partial charge in [-0.05, 0) is 18.0 Å². The lowest BCUT2D eigenvalue weighted by atomic mass is 10.2. The summed E-state index contributed by atoms with van der Waals surface area (Å²) in [5.41, 5.74) is 1.51. The summed E-state index contributed by atoms with van der Waals surface area (Å²) in [7, 11) is 0. The Morgan fingerprint density at radius 1 is 1.29 bits per heavy atom. The van der Waals surface area contributed by atoms with E-state index in [1.54, 1.807) is 0 Å². The Balaban J connectivity index is 1.60. The number of anilines is 1. The minimum atomic E-state index is -0.218. The third kappa shape index (κ3) is 2.80. The summed E-state index contributed by atoms with van der Waals surface area (Å²) in [6, 6.07) is 3.74. The van der Waals surface area contributed by atoms with E-state index in [-0.39, 0.29) is 5.91 Å². The fraction of sp³-hybridized carbons (Fsp3) is 0.333. The van der Waals surface area contributed by atoms with Crippen molar-refractivity contribution in [1.29, 1.82) is 0 Å². The fourth-order valence-corrected chi connectivity index (χ4v) is 3.93. The Bertz CT molecular complexity index is 862. The summed E-state index contributed by atoms with van der Waals surface area (Å²) in [6.07, 6.45) is 1.65. The molecular weight excluding hydrogens is 348 g/mol. The summed E-state index contributed by atoms with van der Waals surface area (Å²) in [6.45, 7) is 3.12. The quantitative estimate of drug-likeness (QED) is 0.767. The summed E-state index contributed by atoms with van der Waals surface area (Å²) >= 11 is 2.51. The molecule has 2 aromatic heterocycles. The number of fused-ring (bicyclic) bond motifs is 2. The molecule has 0 bridgehead atoms. The molecule has 3 heterocycles. The average molecular weight is 362 g/mol. The number of benzene rings is 1. The van der Waals surface area contributed by atoms with Gasteiger partial charge < -0.3 is 9.47 Å². The van der Waals surface area contributed by atoms with E-state index in [9.17, 15) is 4.79 Å². The van der Waals surface area contributed by atoms with Gasteiger partial charge in [-0.3, -0.25) is 10.1 Å². The maximum atomic E-state index is 12.4. The molecule has 4 rings (SSSR count). The molecule has 0 unspecified atom stereocenters. The first-order valence-electron chi connectivity index (χ1n) is 7.57. The number of hydrogen-bond acceptors (Lipinski definition) is 8. The summed E-state index contributed by atoms with van der Waals surface area (Å²) in [4.78, 5) is 17.4. The molecule has 0 saturated carbocycles. The predicted octanol–water partition coefficient (Wildman–Crippen LogP) is 3.12. The number of hydrogen-bond donors (Lipinski definition) is 1. The Morgan fingerprint density at radius 3 is 2.88 bits per heavy atom. The zero-order valence-electron chi connectivity index (χ0n) is 12.9. The van der Waals surface area contributed by atoms with Gasteiger partial charge in [-0.2, -0.15) is 0 Å². The molecule has 0 spiro atoms. The van der Waals surface area contributed by atoms with E-state index in [0.29, 0.717) is 34.7 Å². The molecule has 1 N–H and O–H groups in total. The number of ether oxygens (including phenoxy) is 2. The standard InChI is InChI=1S/C15H14N4O3S2/c1-2-3-8-13(24-19-18-8)14(20)17-15-16-9-6-10-11(7-12(9)23-15)22-5-4-21-10/h6-7H,2-5H2,1H3,(H,16,17,20). The largest absolute Gasteiger partial charge is 0.486 e. The van der Waals surface area contributed by atoms with Gasteiger partial charge in [0.25, 0.3) is 5.91 Å². The molecule has 1 amide bonds. The van der Waals surface area contributed by atoms with Crippen LogP contribution in [0.15, 0.2) is 12.1 Å². The van der Waals surface area contributed by atoms with Gasteiger partial charge in [0.2, 0.25) is 0 Å². The van der Waals surface area contributed by atoms with Crippen molar-refractivity contribution in [2.24, 2.45) is 0 Å². The van der Waals surface area contributed by atoms with Crippen LogP contribution in [0, 0.1) is 0 Å². The van der Waals surface area contributed by atoms with Gasteiger partial charge in [0, 0.05) is 12.1 Å². The zero-order valence-corrected chi connectivity index (χ0v) is 14.5. The van der Waals surface area contributed by atoms with Crippen LogP contribution in [0.25, 0.3) is 10.2 Å². The first-order chi connectivity index (χ1) is 11.7.